The molecule has 5 heterocycles. The molecule has 0 saturated carbocycles. The van der Waals surface area contributed by atoms with E-state index in [1.807, 2.05) is 0 Å². The second-order valence-corrected chi connectivity index (χ2v) is 12.8. The molecule has 2 aliphatic carbocycles. The minimum Gasteiger partial charge on any atom is -0.355 e. The highest BCUT2D eigenvalue weighted by Gasteiger charge is 2.25. The molecule has 44 heavy (non-hydrogen) atoms. The van der Waals surface area contributed by atoms with Gasteiger partial charge in [0.15, 0.2) is 0 Å². The second kappa shape index (κ2) is 9.27. The third-order valence-electron chi connectivity index (χ3n) is 10.5. The van der Waals surface area contributed by atoms with E-state index in [1.165, 1.54) is 66.8 Å². The number of aryl methyl sites for hydroxylation is 4. The van der Waals surface area contributed by atoms with Crippen LogP contribution >= 0.6 is 0 Å². The number of aromatic amines is 2. The molecular weight excluding hydrogens is 536 g/mol. The molecule has 2 N–H and O–H groups in total. The molecule has 0 unspecified atom stereocenters. The van der Waals surface area contributed by atoms with Gasteiger partial charge in [-0.25, -0.2) is 9.97 Å². The van der Waals surface area contributed by atoms with Crippen LogP contribution in [0.5, 0.6) is 0 Å². The molecule has 0 fully saturated rings. The van der Waals surface area contributed by atoms with E-state index >= 15 is 0 Å². The molecule has 9 rings (SSSR count). The number of nitrogens with one attached hydrogen (secondary N) is 2. The molecule has 0 saturated heterocycles. The summed E-state index contributed by atoms with van der Waals surface area (Å²) in [5, 5.41) is 0. The molecule has 4 heteroatoms. The van der Waals surface area contributed by atoms with Gasteiger partial charge in [-0.2, -0.15) is 0 Å². The van der Waals surface area contributed by atoms with Crippen LogP contribution in [0.15, 0.2) is 72.8 Å². The maximum Gasteiger partial charge on any atom is 0.0690 e. The van der Waals surface area contributed by atoms with Crippen molar-refractivity contribution in [2.24, 2.45) is 0 Å². The lowest BCUT2D eigenvalue weighted by Gasteiger charge is -2.16. The lowest BCUT2D eigenvalue weighted by Crippen LogP contribution is -2.01. The summed E-state index contributed by atoms with van der Waals surface area (Å²) >= 11 is 0. The topological polar surface area (TPSA) is 57.4 Å². The van der Waals surface area contributed by atoms with Crippen molar-refractivity contribution in [2.45, 2.75) is 53.4 Å². The number of nitrogens with zero attached hydrogens (tertiary/aromatic N) is 2. The van der Waals surface area contributed by atoms with Crippen molar-refractivity contribution in [3.8, 4) is 22.3 Å². The third kappa shape index (κ3) is 3.64. The molecule has 4 nitrogen and oxygen atoms in total. The van der Waals surface area contributed by atoms with Crippen molar-refractivity contribution < 1.29 is 0 Å². The van der Waals surface area contributed by atoms with Crippen molar-refractivity contribution in [1.82, 2.24) is 19.9 Å². The predicted molar refractivity (Wildman–Crippen MR) is 183 cm³/mol. The summed E-state index contributed by atoms with van der Waals surface area (Å²) in [6.45, 7) is 8.82. The van der Waals surface area contributed by atoms with Gasteiger partial charge in [0.25, 0.3) is 0 Å². The van der Waals surface area contributed by atoms with Crippen LogP contribution in [-0.2, 0) is 25.7 Å². The third-order valence-corrected chi connectivity index (χ3v) is 10.5. The second-order valence-electron chi connectivity index (χ2n) is 12.8. The van der Waals surface area contributed by atoms with Crippen LogP contribution in [0.2, 0.25) is 0 Å². The zero-order valence-corrected chi connectivity index (χ0v) is 25.7. The van der Waals surface area contributed by atoms with Crippen LogP contribution in [0, 0.1) is 0 Å². The van der Waals surface area contributed by atoms with Crippen LogP contribution < -0.4 is 0 Å². The fraction of sp³-hybridized carbons (Fsp3) is 0.200. The number of fused-ring (bicyclic) bond motifs is 18. The van der Waals surface area contributed by atoms with Gasteiger partial charge in [0.05, 0.1) is 22.8 Å². The fourth-order valence-corrected chi connectivity index (χ4v) is 7.71. The number of hydrogen-bond donors (Lipinski definition) is 2. The molecule has 2 aromatic carbocycles. The molecule has 0 amide bonds. The fourth-order valence-electron chi connectivity index (χ4n) is 7.71. The van der Waals surface area contributed by atoms with E-state index in [9.17, 15) is 0 Å². The van der Waals surface area contributed by atoms with Crippen LogP contribution in [0.25, 0.3) is 66.6 Å². The quantitative estimate of drug-likeness (QED) is 0.195. The Morgan fingerprint density at radius 2 is 0.818 bits per heavy atom. The Morgan fingerprint density at radius 3 is 1.23 bits per heavy atom. The Hall–Kier alpha value is -4.96. The van der Waals surface area contributed by atoms with Crippen molar-refractivity contribution in [1.29, 1.82) is 0 Å². The zero-order chi connectivity index (χ0) is 29.7. The predicted octanol–water partition coefficient (Wildman–Crippen LogP) is 9.75. The first kappa shape index (κ1) is 25.5. The first-order valence-electron chi connectivity index (χ1n) is 15.8. The summed E-state index contributed by atoms with van der Waals surface area (Å²) in [7, 11) is 0. The van der Waals surface area contributed by atoms with Gasteiger partial charge in [-0.05, 0) is 133 Å². The van der Waals surface area contributed by atoms with Crippen molar-refractivity contribution in [3.63, 3.8) is 0 Å². The first-order chi connectivity index (χ1) is 21.4. The molecule has 4 aliphatic rings. The number of aromatic nitrogens is 4. The van der Waals surface area contributed by atoms with Crippen molar-refractivity contribution in [2.75, 3.05) is 0 Å². The van der Waals surface area contributed by atoms with E-state index < -0.39 is 0 Å². The highest BCUT2D eigenvalue weighted by atomic mass is 14.8. The largest absolute Gasteiger partial charge is 0.355 e. The van der Waals surface area contributed by atoms with Gasteiger partial charge in [-0.1, -0.05) is 48.5 Å². The van der Waals surface area contributed by atoms with Gasteiger partial charge in [-0.15, -0.1) is 0 Å². The molecule has 214 valence electrons. The number of rotatable bonds is 0. The lowest BCUT2D eigenvalue weighted by molar-refractivity contribution is 0.954. The van der Waals surface area contributed by atoms with E-state index in [0.29, 0.717) is 0 Å². The lowest BCUT2D eigenvalue weighted by atomic mass is 9.86. The van der Waals surface area contributed by atoms with Crippen molar-refractivity contribution >= 4 is 44.4 Å². The van der Waals surface area contributed by atoms with Crippen LogP contribution in [-0.4, -0.2) is 19.9 Å². The van der Waals surface area contributed by atoms with E-state index in [-0.39, 0.29) is 0 Å². The van der Waals surface area contributed by atoms with Crippen LogP contribution in [0.1, 0.15) is 72.7 Å². The molecular formula is C40H34N4. The maximum absolute atomic E-state index is 5.26. The number of H-pyrrole nitrogens is 2. The average Bonchev–Trinajstić information content (AvgIpc) is 3.73. The van der Waals surface area contributed by atoms with Crippen molar-refractivity contribution in [3.05, 3.63) is 118 Å². The summed E-state index contributed by atoms with van der Waals surface area (Å²) in [4.78, 5) is 18.2. The Labute approximate surface area is 257 Å². The minimum atomic E-state index is 1.00. The Kier molecular flexibility index (Phi) is 5.38. The minimum absolute atomic E-state index is 1.00. The molecule has 0 radical (unpaired) electrons. The Bertz CT molecular complexity index is 2160. The molecule has 2 aliphatic heterocycles. The van der Waals surface area contributed by atoms with E-state index in [0.717, 1.165) is 70.5 Å². The van der Waals surface area contributed by atoms with Crippen LogP contribution in [0.3, 0.4) is 0 Å². The SMILES string of the molecule is CC1=C(C)c2cc3[nH]c(cc4nc(cc5[nH]c(cc1n2)c1c5-c2ccccc2CC1)C(C)=C4C)c1c3-c2ccccc2CC1. The normalized spacial score (nSPS) is 15.2. The number of benzene rings is 2. The van der Waals surface area contributed by atoms with E-state index in [2.05, 4.69) is 110 Å². The van der Waals surface area contributed by atoms with E-state index in [1.54, 1.807) is 0 Å². The van der Waals surface area contributed by atoms with E-state index in [4.69, 9.17) is 9.97 Å². The van der Waals surface area contributed by atoms with Gasteiger partial charge in [-0.3, -0.25) is 0 Å². The standard InChI is InChI=1S/C40H34N4/c1-21-23(3)33-19-37-40-28-12-8-6-10-26(28)14-16-30(40)36(44-37)18-32-22(2)24(4)34(42-32)20-38-39-27-11-7-5-9-25(27)13-15-29(39)35(43-38)17-31(21)41-33/h5-12,17-20,43-44H,13-16H2,1-4H3. The Balaban J connectivity index is 1.44. The number of hydrogen-bond acceptors (Lipinski definition) is 2. The summed E-state index contributed by atoms with van der Waals surface area (Å²) in [6.07, 6.45) is 4.09. The molecule has 0 spiro atoms. The summed E-state index contributed by atoms with van der Waals surface area (Å²) in [6, 6.07) is 26.8. The Morgan fingerprint density at radius 1 is 0.455 bits per heavy atom. The average molecular weight is 571 g/mol. The van der Waals surface area contributed by atoms with Gasteiger partial charge >= 0.3 is 0 Å². The molecule has 0 atom stereocenters. The maximum atomic E-state index is 5.26. The molecule has 5 aromatic rings. The monoisotopic (exact) mass is 570 g/mol. The van der Waals surface area contributed by atoms with Crippen LogP contribution in [0.4, 0.5) is 0 Å². The van der Waals surface area contributed by atoms with Gasteiger partial charge in [0.1, 0.15) is 0 Å². The first-order valence-corrected chi connectivity index (χ1v) is 15.8. The summed E-state index contributed by atoms with van der Waals surface area (Å²) < 4.78 is 0. The number of allylic oxidation sites excluding steroid dienone is 4. The highest BCUT2D eigenvalue weighted by Crippen LogP contribution is 2.43. The summed E-state index contributed by atoms with van der Waals surface area (Å²) in [5.74, 6) is 0. The van der Waals surface area contributed by atoms with Gasteiger partial charge < -0.3 is 9.97 Å². The van der Waals surface area contributed by atoms with Gasteiger partial charge in [0.2, 0.25) is 0 Å². The zero-order valence-electron chi connectivity index (χ0n) is 25.7. The molecule has 3 aromatic heterocycles. The molecule has 8 bridgehead atoms. The highest BCUT2D eigenvalue weighted by molar-refractivity contribution is 5.99. The van der Waals surface area contributed by atoms with Gasteiger partial charge in [0, 0.05) is 33.2 Å². The summed E-state index contributed by atoms with van der Waals surface area (Å²) in [5.41, 5.74) is 24.4. The smallest absolute Gasteiger partial charge is 0.0690 e.